The zero-order valence-electron chi connectivity index (χ0n) is 10.9. The Kier molecular flexibility index (Phi) is 3.51. The van der Waals surface area contributed by atoms with Gasteiger partial charge in [-0.1, -0.05) is 0 Å². The smallest absolute Gasteiger partial charge is 0.211 e. The van der Waals surface area contributed by atoms with Crippen molar-refractivity contribution in [1.82, 2.24) is 14.5 Å². The first-order valence-corrected chi connectivity index (χ1v) is 8.10. The Bertz CT molecular complexity index is 372. The number of sulfonamides is 1. The number of rotatable bonds is 2. The van der Waals surface area contributed by atoms with Crippen LogP contribution in [0.1, 0.15) is 20.3 Å². The second-order valence-corrected chi connectivity index (χ2v) is 7.63. The van der Waals surface area contributed by atoms with E-state index in [1.165, 1.54) is 6.26 Å². The second-order valence-electron chi connectivity index (χ2n) is 5.65. The van der Waals surface area contributed by atoms with Crippen LogP contribution >= 0.6 is 0 Å². The fourth-order valence-electron chi connectivity index (χ4n) is 3.00. The molecule has 0 aromatic rings. The molecule has 2 saturated heterocycles. The number of hydrogen-bond donors (Lipinski definition) is 1. The molecule has 0 saturated carbocycles. The summed E-state index contributed by atoms with van der Waals surface area (Å²) in [5.74, 6) is 0. The second kappa shape index (κ2) is 4.50. The molecule has 0 bridgehead atoms. The van der Waals surface area contributed by atoms with Crippen molar-refractivity contribution in [3.05, 3.63) is 0 Å². The van der Waals surface area contributed by atoms with E-state index < -0.39 is 10.0 Å². The van der Waals surface area contributed by atoms with Crippen LogP contribution in [-0.2, 0) is 10.0 Å². The fraction of sp³-hybridized carbons (Fsp3) is 1.00. The summed E-state index contributed by atoms with van der Waals surface area (Å²) in [6, 6.07) is 0.532. The van der Waals surface area contributed by atoms with Crippen LogP contribution in [0.2, 0.25) is 0 Å². The Hall–Kier alpha value is -0.170. The predicted molar refractivity (Wildman–Crippen MR) is 68.5 cm³/mol. The third kappa shape index (κ3) is 2.81. The van der Waals surface area contributed by atoms with Gasteiger partial charge >= 0.3 is 0 Å². The van der Waals surface area contributed by atoms with E-state index in [-0.39, 0.29) is 5.54 Å². The van der Waals surface area contributed by atoms with Gasteiger partial charge in [0.2, 0.25) is 10.0 Å². The summed E-state index contributed by atoms with van der Waals surface area (Å²) < 4.78 is 24.5. The van der Waals surface area contributed by atoms with Crippen LogP contribution in [0.4, 0.5) is 0 Å². The standard InChI is InChI=1S/C11H23N3O2S/c1-11(2)10(4-5-12-11)13-6-8-14(9-7-13)17(3,15)16/h10,12H,4-9H2,1-3H3. The minimum Gasteiger partial charge on any atom is -0.310 e. The topological polar surface area (TPSA) is 52.6 Å². The largest absolute Gasteiger partial charge is 0.310 e. The molecule has 2 heterocycles. The number of hydrogen-bond acceptors (Lipinski definition) is 4. The van der Waals surface area contributed by atoms with Gasteiger partial charge < -0.3 is 5.32 Å². The summed E-state index contributed by atoms with van der Waals surface area (Å²) in [4.78, 5) is 2.43. The predicted octanol–water partition coefficient (Wildman–Crippen LogP) is -0.296. The highest BCUT2D eigenvalue weighted by Crippen LogP contribution is 2.25. The van der Waals surface area contributed by atoms with Crippen molar-refractivity contribution in [1.29, 1.82) is 0 Å². The molecule has 0 spiro atoms. The molecule has 2 fully saturated rings. The van der Waals surface area contributed by atoms with E-state index in [1.807, 2.05) is 0 Å². The molecule has 0 aromatic heterocycles. The Balaban J connectivity index is 1.96. The van der Waals surface area contributed by atoms with Crippen molar-refractivity contribution in [3.8, 4) is 0 Å². The van der Waals surface area contributed by atoms with Crippen LogP contribution in [0, 0.1) is 0 Å². The average molecular weight is 261 g/mol. The zero-order valence-corrected chi connectivity index (χ0v) is 11.8. The molecule has 2 aliphatic rings. The first kappa shape index (κ1) is 13.3. The third-order valence-electron chi connectivity index (χ3n) is 4.01. The maximum absolute atomic E-state index is 11.4. The van der Waals surface area contributed by atoms with Crippen molar-refractivity contribution in [2.75, 3.05) is 39.0 Å². The first-order chi connectivity index (χ1) is 7.81. The van der Waals surface area contributed by atoms with Crippen LogP contribution in [0.15, 0.2) is 0 Å². The maximum Gasteiger partial charge on any atom is 0.211 e. The lowest BCUT2D eigenvalue weighted by molar-refractivity contribution is 0.105. The van der Waals surface area contributed by atoms with Gasteiger partial charge in [0.1, 0.15) is 0 Å². The van der Waals surface area contributed by atoms with Gasteiger partial charge in [-0.3, -0.25) is 4.90 Å². The van der Waals surface area contributed by atoms with Gasteiger partial charge in [-0.05, 0) is 26.8 Å². The maximum atomic E-state index is 11.4. The molecule has 0 radical (unpaired) electrons. The van der Waals surface area contributed by atoms with Gasteiger partial charge in [-0.25, -0.2) is 8.42 Å². The van der Waals surface area contributed by atoms with Crippen LogP contribution in [0.5, 0.6) is 0 Å². The van der Waals surface area contributed by atoms with Gasteiger partial charge in [-0.15, -0.1) is 0 Å². The lowest BCUT2D eigenvalue weighted by atomic mass is 9.95. The van der Waals surface area contributed by atoms with Gasteiger partial charge in [0.15, 0.2) is 0 Å². The molecule has 2 aliphatic heterocycles. The Morgan fingerprint density at radius 1 is 1.18 bits per heavy atom. The minimum atomic E-state index is -3.01. The molecule has 1 atom stereocenters. The molecular formula is C11H23N3O2S. The fourth-order valence-corrected chi connectivity index (χ4v) is 3.82. The molecule has 100 valence electrons. The van der Waals surface area contributed by atoms with Gasteiger partial charge in [-0.2, -0.15) is 4.31 Å². The summed E-state index contributed by atoms with van der Waals surface area (Å²) in [5.41, 5.74) is 0.146. The van der Waals surface area contributed by atoms with Crippen molar-refractivity contribution >= 4 is 10.0 Å². The summed E-state index contributed by atoms with van der Waals surface area (Å²) in [5, 5.41) is 3.51. The molecule has 0 amide bonds. The van der Waals surface area contributed by atoms with E-state index in [0.29, 0.717) is 19.1 Å². The van der Waals surface area contributed by atoms with Gasteiger partial charge in [0, 0.05) is 37.8 Å². The van der Waals surface area contributed by atoms with E-state index in [2.05, 4.69) is 24.1 Å². The molecule has 1 N–H and O–H groups in total. The molecule has 0 aliphatic carbocycles. The van der Waals surface area contributed by atoms with E-state index in [4.69, 9.17) is 0 Å². The van der Waals surface area contributed by atoms with Gasteiger partial charge in [0.25, 0.3) is 0 Å². The van der Waals surface area contributed by atoms with Gasteiger partial charge in [0.05, 0.1) is 6.26 Å². The highest BCUT2D eigenvalue weighted by Gasteiger charge is 2.39. The van der Waals surface area contributed by atoms with Crippen LogP contribution in [0.25, 0.3) is 0 Å². The molecule has 17 heavy (non-hydrogen) atoms. The summed E-state index contributed by atoms with van der Waals surface area (Å²) in [7, 11) is -3.01. The lowest BCUT2D eigenvalue weighted by Crippen LogP contribution is -2.57. The van der Waals surface area contributed by atoms with E-state index in [1.54, 1.807) is 4.31 Å². The summed E-state index contributed by atoms with van der Waals surface area (Å²) >= 11 is 0. The number of piperazine rings is 1. The number of nitrogens with one attached hydrogen (secondary N) is 1. The normalized spacial score (nSPS) is 31.8. The van der Waals surface area contributed by atoms with E-state index >= 15 is 0 Å². The SMILES string of the molecule is CC1(C)NCCC1N1CCN(S(C)(=O)=O)CC1. The first-order valence-electron chi connectivity index (χ1n) is 6.25. The zero-order chi connectivity index (χ0) is 12.7. The Morgan fingerprint density at radius 3 is 2.18 bits per heavy atom. The highest BCUT2D eigenvalue weighted by molar-refractivity contribution is 7.88. The third-order valence-corrected chi connectivity index (χ3v) is 5.32. The Labute approximate surface area is 104 Å². The lowest BCUT2D eigenvalue weighted by Gasteiger charge is -2.41. The monoisotopic (exact) mass is 261 g/mol. The molecule has 1 unspecified atom stereocenters. The number of nitrogens with zero attached hydrogens (tertiary/aromatic N) is 2. The molecular weight excluding hydrogens is 238 g/mol. The van der Waals surface area contributed by atoms with E-state index in [9.17, 15) is 8.42 Å². The molecule has 0 aromatic carbocycles. The summed E-state index contributed by atoms with van der Waals surface area (Å²) in [6.45, 7) is 8.48. The molecule has 6 heteroatoms. The molecule has 2 rings (SSSR count). The van der Waals surface area contributed by atoms with E-state index in [0.717, 1.165) is 26.1 Å². The molecule has 5 nitrogen and oxygen atoms in total. The van der Waals surface area contributed by atoms with Crippen molar-refractivity contribution in [3.63, 3.8) is 0 Å². The van der Waals surface area contributed by atoms with Crippen molar-refractivity contribution in [2.45, 2.75) is 31.8 Å². The van der Waals surface area contributed by atoms with Crippen LogP contribution in [-0.4, -0.2) is 68.2 Å². The highest BCUT2D eigenvalue weighted by atomic mass is 32.2. The van der Waals surface area contributed by atoms with Crippen molar-refractivity contribution < 1.29 is 8.42 Å². The average Bonchev–Trinajstić information content (AvgIpc) is 2.57. The van der Waals surface area contributed by atoms with Crippen LogP contribution < -0.4 is 5.32 Å². The Morgan fingerprint density at radius 2 is 1.76 bits per heavy atom. The quantitative estimate of drug-likeness (QED) is 0.742. The van der Waals surface area contributed by atoms with Crippen molar-refractivity contribution in [2.24, 2.45) is 0 Å². The minimum absolute atomic E-state index is 0.146. The summed E-state index contributed by atoms with van der Waals surface area (Å²) in [6.07, 6.45) is 2.45. The van der Waals surface area contributed by atoms with Crippen LogP contribution in [0.3, 0.4) is 0 Å².